The molecule has 0 atom stereocenters. The Morgan fingerprint density at radius 1 is 1.26 bits per heavy atom. The number of hydrogen-bond donors (Lipinski definition) is 2. The van der Waals surface area contributed by atoms with Crippen molar-refractivity contribution in [2.24, 2.45) is 5.73 Å². The number of anilines is 1. The number of rotatable bonds is 6. The number of carbonyl (C=O) groups is 2. The standard InChI is InChI=1S/C18H15N3O6/c1-2-26-13-8-7-10(21(24)25)9-12(13)18(23)20-15-11-5-3-4-6-14(11)27-16(15)17(19)22/h3-9H,2H2,1H3,(H2,19,22)(H,20,23). The molecule has 0 aliphatic carbocycles. The first kappa shape index (κ1) is 17.9. The van der Waals surface area contributed by atoms with E-state index in [2.05, 4.69) is 5.32 Å². The van der Waals surface area contributed by atoms with Crippen LogP contribution in [0, 0.1) is 10.1 Å². The van der Waals surface area contributed by atoms with Crippen molar-refractivity contribution >= 4 is 34.2 Å². The first-order chi connectivity index (χ1) is 12.9. The molecule has 27 heavy (non-hydrogen) atoms. The van der Waals surface area contributed by atoms with Gasteiger partial charge in [0.05, 0.1) is 17.1 Å². The lowest BCUT2D eigenvalue weighted by Crippen LogP contribution is -2.18. The van der Waals surface area contributed by atoms with Gasteiger partial charge in [-0.2, -0.15) is 0 Å². The zero-order chi connectivity index (χ0) is 19.6. The zero-order valence-electron chi connectivity index (χ0n) is 14.2. The van der Waals surface area contributed by atoms with E-state index in [-0.39, 0.29) is 35.1 Å². The number of nitro benzene ring substituents is 1. The number of amides is 2. The van der Waals surface area contributed by atoms with Crippen LogP contribution in [0.5, 0.6) is 5.75 Å². The summed E-state index contributed by atoms with van der Waals surface area (Å²) in [4.78, 5) is 34.9. The molecule has 0 fully saturated rings. The number of nitro groups is 1. The van der Waals surface area contributed by atoms with Gasteiger partial charge in [-0.1, -0.05) is 12.1 Å². The molecule has 0 saturated heterocycles. The predicted molar refractivity (Wildman–Crippen MR) is 97.0 cm³/mol. The lowest BCUT2D eigenvalue weighted by atomic mass is 10.1. The molecule has 1 aromatic heterocycles. The van der Waals surface area contributed by atoms with Crippen molar-refractivity contribution < 1.29 is 23.7 Å². The summed E-state index contributed by atoms with van der Waals surface area (Å²) < 4.78 is 10.8. The van der Waals surface area contributed by atoms with Crippen molar-refractivity contribution in [1.82, 2.24) is 0 Å². The highest BCUT2D eigenvalue weighted by Gasteiger charge is 2.23. The Morgan fingerprint density at radius 2 is 2.00 bits per heavy atom. The van der Waals surface area contributed by atoms with Gasteiger partial charge in [-0.25, -0.2) is 0 Å². The van der Waals surface area contributed by atoms with E-state index >= 15 is 0 Å². The molecule has 138 valence electrons. The minimum atomic E-state index is -0.856. The molecule has 0 bridgehead atoms. The molecule has 3 rings (SSSR count). The second kappa shape index (κ2) is 7.16. The number of ether oxygens (including phenoxy) is 1. The molecule has 0 radical (unpaired) electrons. The van der Waals surface area contributed by atoms with Gasteiger partial charge < -0.3 is 20.2 Å². The van der Waals surface area contributed by atoms with Crippen LogP contribution in [0.1, 0.15) is 27.8 Å². The largest absolute Gasteiger partial charge is 0.493 e. The highest BCUT2D eigenvalue weighted by atomic mass is 16.6. The lowest BCUT2D eigenvalue weighted by molar-refractivity contribution is -0.384. The molecule has 2 aromatic carbocycles. The van der Waals surface area contributed by atoms with Gasteiger partial charge in [0.2, 0.25) is 5.76 Å². The van der Waals surface area contributed by atoms with E-state index in [1.807, 2.05) is 0 Å². The Bertz CT molecular complexity index is 1060. The number of fused-ring (bicyclic) bond motifs is 1. The van der Waals surface area contributed by atoms with E-state index in [4.69, 9.17) is 14.9 Å². The first-order valence-electron chi connectivity index (χ1n) is 7.96. The summed E-state index contributed by atoms with van der Waals surface area (Å²) in [5.74, 6) is -1.59. The van der Waals surface area contributed by atoms with Gasteiger partial charge in [-0.15, -0.1) is 0 Å². The fraction of sp³-hybridized carbons (Fsp3) is 0.111. The van der Waals surface area contributed by atoms with Gasteiger partial charge >= 0.3 is 0 Å². The third-order valence-electron chi connectivity index (χ3n) is 3.78. The van der Waals surface area contributed by atoms with E-state index in [0.717, 1.165) is 6.07 Å². The van der Waals surface area contributed by atoms with Crippen molar-refractivity contribution in [2.45, 2.75) is 6.92 Å². The number of primary amides is 1. The van der Waals surface area contributed by atoms with Gasteiger partial charge in [-0.3, -0.25) is 19.7 Å². The van der Waals surface area contributed by atoms with Gasteiger partial charge in [0.1, 0.15) is 17.0 Å². The number of nitrogens with one attached hydrogen (secondary N) is 1. The van der Waals surface area contributed by atoms with Crippen LogP contribution in [0.4, 0.5) is 11.4 Å². The van der Waals surface area contributed by atoms with Crippen molar-refractivity contribution in [3.8, 4) is 5.75 Å². The number of para-hydroxylation sites is 1. The second-order valence-electron chi connectivity index (χ2n) is 5.49. The molecule has 9 nitrogen and oxygen atoms in total. The van der Waals surface area contributed by atoms with Gasteiger partial charge in [-0.05, 0) is 25.1 Å². The van der Waals surface area contributed by atoms with Gasteiger partial charge in [0.15, 0.2) is 0 Å². The van der Waals surface area contributed by atoms with Crippen LogP contribution in [-0.4, -0.2) is 23.3 Å². The first-order valence-corrected chi connectivity index (χ1v) is 7.96. The summed E-state index contributed by atoms with van der Waals surface area (Å²) in [6.07, 6.45) is 0. The summed E-state index contributed by atoms with van der Waals surface area (Å²) in [5.41, 5.74) is 5.48. The number of hydrogen-bond acceptors (Lipinski definition) is 6. The average molecular weight is 369 g/mol. The van der Waals surface area contributed by atoms with Crippen molar-refractivity contribution in [3.05, 3.63) is 63.9 Å². The molecule has 0 saturated carbocycles. The highest BCUT2D eigenvalue weighted by molar-refractivity contribution is 6.15. The topological polar surface area (TPSA) is 138 Å². The summed E-state index contributed by atoms with van der Waals surface area (Å²) >= 11 is 0. The van der Waals surface area contributed by atoms with E-state index in [1.165, 1.54) is 12.1 Å². The van der Waals surface area contributed by atoms with E-state index < -0.39 is 16.7 Å². The maximum atomic E-state index is 12.8. The summed E-state index contributed by atoms with van der Waals surface area (Å²) in [6, 6.07) is 10.4. The Morgan fingerprint density at radius 3 is 2.67 bits per heavy atom. The number of carbonyl (C=O) groups excluding carboxylic acids is 2. The average Bonchev–Trinajstić information content (AvgIpc) is 3.01. The molecule has 0 unspecified atom stereocenters. The van der Waals surface area contributed by atoms with Crippen LogP contribution in [0.3, 0.4) is 0 Å². The molecule has 3 N–H and O–H groups in total. The summed E-state index contributed by atoms with van der Waals surface area (Å²) in [7, 11) is 0. The second-order valence-corrected chi connectivity index (χ2v) is 5.49. The fourth-order valence-electron chi connectivity index (χ4n) is 2.61. The highest BCUT2D eigenvalue weighted by Crippen LogP contribution is 2.32. The van der Waals surface area contributed by atoms with Crippen LogP contribution in [0.15, 0.2) is 46.9 Å². The van der Waals surface area contributed by atoms with E-state index in [1.54, 1.807) is 31.2 Å². The molecule has 0 aliphatic rings. The minimum Gasteiger partial charge on any atom is -0.493 e. The van der Waals surface area contributed by atoms with Crippen LogP contribution >= 0.6 is 0 Å². The monoisotopic (exact) mass is 369 g/mol. The Balaban J connectivity index is 2.07. The van der Waals surface area contributed by atoms with E-state index in [0.29, 0.717) is 11.0 Å². The Hall–Kier alpha value is -3.88. The Labute approximate surface area is 152 Å². The quantitative estimate of drug-likeness (QED) is 0.506. The van der Waals surface area contributed by atoms with Gasteiger partial charge in [0.25, 0.3) is 17.5 Å². The third-order valence-corrected chi connectivity index (χ3v) is 3.78. The third kappa shape index (κ3) is 3.43. The molecule has 2 amide bonds. The maximum absolute atomic E-state index is 12.8. The van der Waals surface area contributed by atoms with Crippen molar-refractivity contribution in [1.29, 1.82) is 0 Å². The lowest BCUT2D eigenvalue weighted by Gasteiger charge is -2.10. The molecule has 3 aromatic rings. The van der Waals surface area contributed by atoms with Crippen LogP contribution in [0.2, 0.25) is 0 Å². The molecule has 1 heterocycles. The van der Waals surface area contributed by atoms with Crippen LogP contribution in [-0.2, 0) is 0 Å². The van der Waals surface area contributed by atoms with Crippen molar-refractivity contribution in [2.75, 3.05) is 11.9 Å². The minimum absolute atomic E-state index is 0.0493. The molecule has 0 aliphatic heterocycles. The normalized spacial score (nSPS) is 10.6. The van der Waals surface area contributed by atoms with E-state index in [9.17, 15) is 19.7 Å². The Kier molecular flexibility index (Phi) is 4.75. The number of nitrogens with two attached hydrogens (primary N) is 1. The molecule has 0 spiro atoms. The number of benzene rings is 2. The smallest absolute Gasteiger partial charge is 0.286 e. The van der Waals surface area contributed by atoms with Crippen LogP contribution in [0.25, 0.3) is 11.0 Å². The van der Waals surface area contributed by atoms with Gasteiger partial charge in [0, 0.05) is 17.5 Å². The summed E-state index contributed by atoms with van der Waals surface area (Å²) in [5, 5.41) is 14.1. The predicted octanol–water partition coefficient (Wildman–Crippen LogP) is 3.09. The SMILES string of the molecule is CCOc1ccc([N+](=O)[O-])cc1C(=O)Nc1c(C(N)=O)oc2ccccc12. The number of nitrogens with zero attached hydrogens (tertiary/aromatic N) is 1. The fourth-order valence-corrected chi connectivity index (χ4v) is 2.61. The number of non-ortho nitro benzene ring substituents is 1. The van der Waals surface area contributed by atoms with Crippen LogP contribution < -0.4 is 15.8 Å². The zero-order valence-corrected chi connectivity index (χ0v) is 14.2. The number of furan rings is 1. The molecular weight excluding hydrogens is 354 g/mol. The maximum Gasteiger partial charge on any atom is 0.286 e. The van der Waals surface area contributed by atoms with Crippen molar-refractivity contribution in [3.63, 3.8) is 0 Å². The summed E-state index contributed by atoms with van der Waals surface area (Å²) in [6.45, 7) is 1.98. The molecular formula is C18H15N3O6. The molecule has 9 heteroatoms.